The van der Waals surface area contributed by atoms with Crippen LogP contribution in [0.5, 0.6) is 5.75 Å². The lowest BCUT2D eigenvalue weighted by atomic mass is 10.1. The van der Waals surface area contributed by atoms with Gasteiger partial charge in [-0.1, -0.05) is 30.3 Å². The van der Waals surface area contributed by atoms with Gasteiger partial charge in [-0.05, 0) is 67.8 Å². The molecular formula is C36H39N5O5S. The van der Waals surface area contributed by atoms with Gasteiger partial charge >= 0.3 is 0 Å². The Kier molecular flexibility index (Phi) is 10.0. The van der Waals surface area contributed by atoms with Crippen molar-refractivity contribution in [3.8, 4) is 17.1 Å². The van der Waals surface area contributed by atoms with Crippen molar-refractivity contribution < 1.29 is 22.7 Å². The molecule has 0 saturated carbocycles. The van der Waals surface area contributed by atoms with E-state index in [-0.39, 0.29) is 28.9 Å². The number of carbonyl (C=O) groups is 2. The molecule has 0 atom stereocenters. The smallest absolute Gasteiger partial charge is 0.253 e. The van der Waals surface area contributed by atoms with Crippen LogP contribution in [0, 0.1) is 0 Å². The summed E-state index contributed by atoms with van der Waals surface area (Å²) in [5.74, 6) is 0.955. The van der Waals surface area contributed by atoms with E-state index in [1.54, 1.807) is 41.4 Å². The third kappa shape index (κ3) is 7.91. The predicted octanol–water partition coefficient (Wildman–Crippen LogP) is 5.43. The number of aromatic nitrogens is 3. The predicted molar refractivity (Wildman–Crippen MR) is 181 cm³/mol. The number of nitrogens with one attached hydrogen (secondary N) is 1. The third-order valence-corrected chi connectivity index (χ3v) is 10.2. The molecule has 1 aliphatic heterocycles. The second-order valence-electron chi connectivity index (χ2n) is 11.7. The van der Waals surface area contributed by atoms with E-state index in [9.17, 15) is 18.0 Å². The Morgan fingerprint density at radius 2 is 1.64 bits per heavy atom. The zero-order valence-electron chi connectivity index (χ0n) is 26.3. The van der Waals surface area contributed by atoms with Crippen molar-refractivity contribution in [2.24, 2.45) is 0 Å². The number of benzene rings is 3. The van der Waals surface area contributed by atoms with E-state index in [1.165, 1.54) is 0 Å². The fourth-order valence-electron chi connectivity index (χ4n) is 5.92. The second kappa shape index (κ2) is 14.7. The molecule has 1 N–H and O–H groups in total. The van der Waals surface area contributed by atoms with Gasteiger partial charge in [0.05, 0.1) is 17.3 Å². The average Bonchev–Trinajstić information content (AvgIpc) is 3.77. The molecule has 1 aliphatic rings. The number of ether oxygens (including phenoxy) is 1. The molecule has 0 aliphatic carbocycles. The molecule has 0 unspecified atom stereocenters. The zero-order chi connectivity index (χ0) is 32.6. The van der Waals surface area contributed by atoms with E-state index in [0.717, 1.165) is 22.3 Å². The van der Waals surface area contributed by atoms with Gasteiger partial charge in [0.25, 0.3) is 5.91 Å². The van der Waals surface area contributed by atoms with Crippen molar-refractivity contribution in [1.29, 1.82) is 0 Å². The van der Waals surface area contributed by atoms with Crippen LogP contribution >= 0.6 is 0 Å². The summed E-state index contributed by atoms with van der Waals surface area (Å²) in [6.07, 6.45) is 7.36. The van der Waals surface area contributed by atoms with Gasteiger partial charge in [0.15, 0.2) is 9.84 Å². The number of amides is 2. The molecule has 3 heterocycles. The van der Waals surface area contributed by atoms with E-state index < -0.39 is 9.84 Å². The summed E-state index contributed by atoms with van der Waals surface area (Å²) in [6.45, 7) is 2.83. The number of aromatic amines is 1. The quantitative estimate of drug-likeness (QED) is 0.271. The van der Waals surface area contributed by atoms with E-state index in [1.807, 2.05) is 70.4 Å². The minimum Gasteiger partial charge on any atom is -0.494 e. The van der Waals surface area contributed by atoms with E-state index in [2.05, 4.69) is 9.97 Å². The van der Waals surface area contributed by atoms with Crippen LogP contribution in [-0.4, -0.2) is 83.1 Å². The number of imidazole rings is 1. The Balaban J connectivity index is 1.20. The van der Waals surface area contributed by atoms with Crippen molar-refractivity contribution in [3.05, 3.63) is 103 Å². The van der Waals surface area contributed by atoms with Crippen molar-refractivity contribution in [2.45, 2.75) is 37.1 Å². The van der Waals surface area contributed by atoms with Crippen LogP contribution in [0.15, 0.2) is 102 Å². The fraction of sp³-hybridized carbons (Fsp3) is 0.306. The molecule has 0 spiro atoms. The molecule has 0 radical (unpaired) electrons. The van der Waals surface area contributed by atoms with Gasteiger partial charge in [-0.2, -0.15) is 0 Å². The van der Waals surface area contributed by atoms with E-state index in [0.29, 0.717) is 69.9 Å². The normalized spacial score (nSPS) is 15.1. The minimum absolute atomic E-state index is 0.0440. The van der Waals surface area contributed by atoms with Gasteiger partial charge in [0.2, 0.25) is 5.91 Å². The van der Waals surface area contributed by atoms with Gasteiger partial charge in [-0.15, -0.1) is 0 Å². The number of hydrogen-bond acceptors (Lipinski definition) is 6. The van der Waals surface area contributed by atoms with Crippen LogP contribution in [0.2, 0.25) is 0 Å². The summed E-state index contributed by atoms with van der Waals surface area (Å²) >= 11 is 0. The summed E-state index contributed by atoms with van der Waals surface area (Å²) < 4.78 is 34.0. The molecule has 10 nitrogen and oxygen atoms in total. The molecule has 6 rings (SSSR count). The highest BCUT2D eigenvalue weighted by Gasteiger charge is 2.21. The van der Waals surface area contributed by atoms with Crippen molar-refractivity contribution in [3.63, 3.8) is 0 Å². The number of hydrogen-bond donors (Lipinski definition) is 1. The summed E-state index contributed by atoms with van der Waals surface area (Å²) in [7, 11) is -3.60. The zero-order valence-corrected chi connectivity index (χ0v) is 27.1. The maximum absolute atomic E-state index is 13.7. The largest absolute Gasteiger partial charge is 0.494 e. The summed E-state index contributed by atoms with van der Waals surface area (Å²) in [4.78, 5) is 38.8. The number of H-pyrrole nitrogens is 1. The highest BCUT2D eigenvalue weighted by molar-refractivity contribution is 7.91. The fourth-order valence-corrected chi connectivity index (χ4v) is 7.18. The number of nitrogens with zero attached hydrogens (tertiary/aromatic N) is 4. The van der Waals surface area contributed by atoms with Crippen LogP contribution in [0.1, 0.15) is 36.0 Å². The first kappa shape index (κ1) is 32.1. The Morgan fingerprint density at radius 1 is 0.830 bits per heavy atom. The second-order valence-corrected chi connectivity index (χ2v) is 13.8. The van der Waals surface area contributed by atoms with Crippen molar-refractivity contribution >= 4 is 32.6 Å². The minimum atomic E-state index is -3.60. The Labute approximate surface area is 274 Å². The molecule has 2 aromatic heterocycles. The third-order valence-electron chi connectivity index (χ3n) is 8.49. The molecule has 0 saturated heterocycles. The lowest BCUT2D eigenvalue weighted by Gasteiger charge is -2.26. The molecule has 3 aromatic carbocycles. The number of carbonyl (C=O) groups excluding carboxylic acids is 2. The first-order chi connectivity index (χ1) is 22.9. The monoisotopic (exact) mass is 653 g/mol. The van der Waals surface area contributed by atoms with Crippen LogP contribution in [0.25, 0.3) is 22.3 Å². The summed E-state index contributed by atoms with van der Waals surface area (Å²) in [5.41, 5.74) is 2.49. The van der Waals surface area contributed by atoms with Gasteiger partial charge in [-0.3, -0.25) is 9.59 Å². The topological polar surface area (TPSA) is 118 Å². The highest BCUT2D eigenvalue weighted by Crippen LogP contribution is 2.24. The standard InChI is InChI=1S/C36H39N5O5S/c42-34(15-25-47(44,45)32-10-2-1-3-11-32)39-18-4-5-19-41(36(43)30-12-13-33-28(26-30)14-16-37-33)20-7-24-46-31-9-6-8-29(27-31)35-38-17-21-40(35)23-22-39/h1-3,6,8-14,16-17,21,26-27,37H,4-5,7,15,18-20,22-25H2. The molecule has 0 fully saturated rings. The van der Waals surface area contributed by atoms with E-state index in [4.69, 9.17) is 4.74 Å². The maximum atomic E-state index is 13.7. The van der Waals surface area contributed by atoms with Crippen molar-refractivity contribution in [2.75, 3.05) is 38.5 Å². The molecule has 2 amide bonds. The van der Waals surface area contributed by atoms with Gasteiger partial charge < -0.3 is 24.1 Å². The Bertz CT molecular complexity index is 1940. The maximum Gasteiger partial charge on any atom is 0.253 e. The lowest BCUT2D eigenvalue weighted by Crippen LogP contribution is -2.37. The van der Waals surface area contributed by atoms with E-state index >= 15 is 0 Å². The first-order valence-electron chi connectivity index (χ1n) is 16.0. The van der Waals surface area contributed by atoms with Gasteiger partial charge in [0.1, 0.15) is 11.6 Å². The number of fused-ring (bicyclic) bond motifs is 5. The van der Waals surface area contributed by atoms with Crippen LogP contribution in [0.4, 0.5) is 0 Å². The van der Waals surface area contributed by atoms with Gasteiger partial charge in [0, 0.05) is 79.8 Å². The molecule has 244 valence electrons. The van der Waals surface area contributed by atoms with Crippen LogP contribution < -0.4 is 4.74 Å². The number of rotatable bonds is 5. The summed E-state index contributed by atoms with van der Waals surface area (Å²) in [6, 6.07) is 23.6. The highest BCUT2D eigenvalue weighted by atomic mass is 32.2. The molecule has 47 heavy (non-hydrogen) atoms. The SMILES string of the molecule is O=C(CCS(=O)(=O)c1ccccc1)N1CCCCN(C(=O)c2ccc3[nH]ccc3c2)CCCOc2cccc(c2)-c2nccn2CC1. The molecule has 5 aromatic rings. The lowest BCUT2D eigenvalue weighted by molar-refractivity contribution is -0.131. The molecular weight excluding hydrogens is 614 g/mol. The average molecular weight is 654 g/mol. The van der Waals surface area contributed by atoms with Gasteiger partial charge in [-0.25, -0.2) is 13.4 Å². The molecule has 11 heteroatoms. The van der Waals surface area contributed by atoms with Crippen LogP contribution in [0.3, 0.4) is 0 Å². The Hall–Kier alpha value is -4.90. The first-order valence-corrected chi connectivity index (χ1v) is 17.7. The summed E-state index contributed by atoms with van der Waals surface area (Å²) in [5, 5.41) is 0.980. The molecule has 2 bridgehead atoms. The van der Waals surface area contributed by atoms with Crippen LogP contribution in [-0.2, 0) is 21.2 Å². The Morgan fingerprint density at radius 3 is 2.49 bits per heavy atom. The number of sulfone groups is 1. The van der Waals surface area contributed by atoms with Crippen molar-refractivity contribution in [1.82, 2.24) is 24.3 Å².